The first kappa shape index (κ1) is 21.7. The number of nitrogens with one attached hydrogen (secondary N) is 1. The molecule has 1 amide bonds. The molecule has 1 heterocycles. The summed E-state index contributed by atoms with van der Waals surface area (Å²) in [6.45, 7) is 0. The molecule has 0 unspecified atom stereocenters. The summed E-state index contributed by atoms with van der Waals surface area (Å²) in [5.41, 5.74) is 0.499. The number of carbonyl (C=O) groups is 1. The van der Waals surface area contributed by atoms with Crippen molar-refractivity contribution in [1.29, 1.82) is 0 Å². The molecule has 8 nitrogen and oxygen atoms in total. The number of rotatable bonds is 5. The van der Waals surface area contributed by atoms with Gasteiger partial charge in [-0.1, -0.05) is 22.9 Å². The van der Waals surface area contributed by atoms with Gasteiger partial charge in [-0.2, -0.15) is 0 Å². The van der Waals surface area contributed by atoms with E-state index in [1.807, 2.05) is 0 Å². The first-order valence-electron chi connectivity index (χ1n) is 8.03. The molecule has 0 aliphatic heterocycles. The molecule has 3 rings (SSSR count). The predicted octanol–water partition coefficient (Wildman–Crippen LogP) is 2.86. The van der Waals surface area contributed by atoms with Crippen molar-refractivity contribution in [2.45, 2.75) is 9.79 Å². The molecule has 3 aromatic rings. The third-order valence-corrected chi connectivity index (χ3v) is 8.15. The van der Waals surface area contributed by atoms with E-state index < -0.39 is 25.8 Å². The van der Waals surface area contributed by atoms with Crippen LogP contribution in [-0.2, 0) is 19.9 Å². The Bertz CT molecular complexity index is 1330. The number of aromatic nitrogens is 1. The van der Waals surface area contributed by atoms with E-state index in [2.05, 4.69) is 10.3 Å². The van der Waals surface area contributed by atoms with E-state index in [4.69, 9.17) is 11.6 Å². The van der Waals surface area contributed by atoms with Gasteiger partial charge in [0.2, 0.25) is 10.0 Å². The smallest absolute Gasteiger partial charge is 0.259 e. The summed E-state index contributed by atoms with van der Waals surface area (Å²) in [6.07, 6.45) is 1.11. The highest BCUT2D eigenvalue weighted by Gasteiger charge is 2.21. The first-order chi connectivity index (χ1) is 13.4. The number of hydrogen-bond donors (Lipinski definition) is 1. The maximum absolute atomic E-state index is 12.7. The fourth-order valence-electron chi connectivity index (χ4n) is 2.40. The number of amides is 1. The zero-order valence-electron chi connectivity index (χ0n) is 15.5. The SMILES string of the molecule is CN(C)S(=O)(=O)c1ccc(Cl)c(C(=O)Nc2nc3ccc(S(C)(=O)=O)cc3s2)c1. The normalized spacial score (nSPS) is 12.4. The number of hydrogen-bond acceptors (Lipinski definition) is 7. The molecule has 0 fully saturated rings. The van der Waals surface area contributed by atoms with Gasteiger partial charge < -0.3 is 0 Å². The lowest BCUT2D eigenvalue weighted by Gasteiger charge is -2.13. The monoisotopic (exact) mass is 473 g/mol. The topological polar surface area (TPSA) is 114 Å². The summed E-state index contributed by atoms with van der Waals surface area (Å²) in [7, 11) is -4.34. The van der Waals surface area contributed by atoms with Gasteiger partial charge in [0.05, 0.1) is 30.6 Å². The minimum Gasteiger partial charge on any atom is -0.298 e. The van der Waals surface area contributed by atoms with E-state index in [1.165, 1.54) is 44.4 Å². The second-order valence-electron chi connectivity index (χ2n) is 6.30. The summed E-state index contributed by atoms with van der Waals surface area (Å²) in [6, 6.07) is 8.32. The van der Waals surface area contributed by atoms with Crippen molar-refractivity contribution in [2.24, 2.45) is 0 Å². The van der Waals surface area contributed by atoms with Gasteiger partial charge in [0.15, 0.2) is 15.0 Å². The van der Waals surface area contributed by atoms with Crippen molar-refractivity contribution < 1.29 is 21.6 Å². The van der Waals surface area contributed by atoms with Crippen LogP contribution in [0, 0.1) is 0 Å². The fourth-order valence-corrected chi connectivity index (χ4v) is 5.16. The van der Waals surface area contributed by atoms with Gasteiger partial charge in [0, 0.05) is 20.4 Å². The molecule has 2 aromatic carbocycles. The molecule has 29 heavy (non-hydrogen) atoms. The third kappa shape index (κ3) is 4.43. The Morgan fingerprint density at radius 2 is 1.72 bits per heavy atom. The highest BCUT2D eigenvalue weighted by Crippen LogP contribution is 2.29. The maximum Gasteiger partial charge on any atom is 0.259 e. The Hall–Kier alpha value is -2.05. The van der Waals surface area contributed by atoms with Crippen LogP contribution in [-0.4, -0.2) is 52.4 Å². The first-order valence-corrected chi connectivity index (χ1v) is 12.6. The molecule has 0 bridgehead atoms. The maximum atomic E-state index is 12.7. The lowest BCUT2D eigenvalue weighted by atomic mass is 10.2. The average molecular weight is 474 g/mol. The van der Waals surface area contributed by atoms with E-state index in [9.17, 15) is 21.6 Å². The van der Waals surface area contributed by atoms with E-state index >= 15 is 0 Å². The number of anilines is 1. The number of carbonyl (C=O) groups excluding carboxylic acids is 1. The molecular weight excluding hydrogens is 458 g/mol. The Labute approximate surface area is 177 Å². The van der Waals surface area contributed by atoms with Crippen molar-refractivity contribution in [2.75, 3.05) is 25.7 Å². The van der Waals surface area contributed by atoms with Gasteiger partial charge in [0.1, 0.15) is 0 Å². The molecule has 0 spiro atoms. The molecular formula is C17H16ClN3O5S3. The molecule has 1 N–H and O–H groups in total. The quantitative estimate of drug-likeness (QED) is 0.609. The van der Waals surface area contributed by atoms with Gasteiger partial charge in [-0.25, -0.2) is 26.1 Å². The van der Waals surface area contributed by atoms with Crippen molar-refractivity contribution in [3.8, 4) is 0 Å². The Morgan fingerprint density at radius 1 is 1.07 bits per heavy atom. The molecule has 1 aromatic heterocycles. The summed E-state index contributed by atoms with van der Waals surface area (Å²) in [5, 5.41) is 2.89. The Kier molecular flexibility index (Phi) is 5.71. The number of sulfonamides is 1. The van der Waals surface area contributed by atoms with Crippen LogP contribution in [0.2, 0.25) is 5.02 Å². The number of benzene rings is 2. The van der Waals surface area contributed by atoms with Crippen LogP contribution < -0.4 is 5.32 Å². The highest BCUT2D eigenvalue weighted by atomic mass is 35.5. The Morgan fingerprint density at radius 3 is 2.34 bits per heavy atom. The zero-order chi connectivity index (χ0) is 21.6. The van der Waals surface area contributed by atoms with Gasteiger partial charge >= 0.3 is 0 Å². The van der Waals surface area contributed by atoms with Crippen LogP contribution in [0.15, 0.2) is 46.2 Å². The van der Waals surface area contributed by atoms with Gasteiger partial charge in [-0.15, -0.1) is 0 Å². The Balaban J connectivity index is 1.94. The van der Waals surface area contributed by atoms with Crippen LogP contribution in [0.1, 0.15) is 10.4 Å². The van der Waals surface area contributed by atoms with Crippen LogP contribution in [0.3, 0.4) is 0 Å². The lowest BCUT2D eigenvalue weighted by molar-refractivity contribution is 0.102. The zero-order valence-corrected chi connectivity index (χ0v) is 18.7. The lowest BCUT2D eigenvalue weighted by Crippen LogP contribution is -2.23. The van der Waals surface area contributed by atoms with E-state index in [0.717, 1.165) is 21.9 Å². The summed E-state index contributed by atoms with van der Waals surface area (Å²) < 4.78 is 49.6. The number of fused-ring (bicyclic) bond motifs is 1. The van der Waals surface area contributed by atoms with Gasteiger partial charge in [-0.05, 0) is 36.4 Å². The van der Waals surface area contributed by atoms with E-state index in [-0.39, 0.29) is 25.5 Å². The second-order valence-corrected chi connectivity index (χ2v) is 11.9. The van der Waals surface area contributed by atoms with Crippen LogP contribution in [0.5, 0.6) is 0 Å². The molecule has 0 aliphatic carbocycles. The summed E-state index contributed by atoms with van der Waals surface area (Å²) in [5.74, 6) is -0.631. The molecule has 0 aliphatic rings. The third-order valence-electron chi connectivity index (χ3n) is 3.97. The van der Waals surface area contributed by atoms with Crippen LogP contribution in [0.25, 0.3) is 10.2 Å². The standard InChI is InChI=1S/C17H16ClN3O5S3/c1-21(2)29(25,26)11-4-6-13(18)12(8-11)16(22)20-17-19-14-7-5-10(28(3,23)24)9-15(14)27-17/h4-9H,1-3H3,(H,19,20,22). The predicted molar refractivity (Wildman–Crippen MR) is 113 cm³/mol. The summed E-state index contributed by atoms with van der Waals surface area (Å²) in [4.78, 5) is 17.0. The van der Waals surface area contributed by atoms with Crippen molar-refractivity contribution >= 4 is 64.1 Å². The molecule has 154 valence electrons. The molecule has 12 heteroatoms. The second kappa shape index (κ2) is 7.65. The van der Waals surface area contributed by atoms with Gasteiger partial charge in [-0.3, -0.25) is 10.1 Å². The molecule has 0 radical (unpaired) electrons. The largest absolute Gasteiger partial charge is 0.298 e. The summed E-state index contributed by atoms with van der Waals surface area (Å²) >= 11 is 7.18. The van der Waals surface area contributed by atoms with Crippen molar-refractivity contribution in [3.05, 3.63) is 47.0 Å². The number of nitrogens with zero attached hydrogens (tertiary/aromatic N) is 2. The number of thiazole rings is 1. The number of halogens is 1. The molecule has 0 saturated heterocycles. The van der Waals surface area contributed by atoms with E-state index in [0.29, 0.717) is 10.2 Å². The fraction of sp³-hybridized carbons (Fsp3) is 0.176. The van der Waals surface area contributed by atoms with Crippen LogP contribution >= 0.6 is 22.9 Å². The van der Waals surface area contributed by atoms with Gasteiger partial charge in [0.25, 0.3) is 5.91 Å². The minimum atomic E-state index is -3.74. The highest BCUT2D eigenvalue weighted by molar-refractivity contribution is 7.90. The van der Waals surface area contributed by atoms with E-state index in [1.54, 1.807) is 6.07 Å². The van der Waals surface area contributed by atoms with Crippen LogP contribution in [0.4, 0.5) is 5.13 Å². The average Bonchev–Trinajstić information content (AvgIpc) is 3.02. The number of sulfone groups is 1. The molecule has 0 saturated carbocycles. The van der Waals surface area contributed by atoms with Crippen molar-refractivity contribution in [1.82, 2.24) is 9.29 Å². The minimum absolute atomic E-state index is 0.0225. The molecule has 0 atom stereocenters. The van der Waals surface area contributed by atoms with Crippen molar-refractivity contribution in [3.63, 3.8) is 0 Å².